The molecular weight excluding hydrogens is 362 g/mol. The lowest BCUT2D eigenvalue weighted by atomic mass is 10.2. The van der Waals surface area contributed by atoms with Crippen molar-refractivity contribution in [1.29, 1.82) is 0 Å². The molecule has 25 heavy (non-hydrogen) atoms. The van der Waals surface area contributed by atoms with Crippen molar-refractivity contribution in [3.8, 4) is 0 Å². The Morgan fingerprint density at radius 1 is 1.04 bits per heavy atom. The Kier molecular flexibility index (Phi) is 6.98. The number of nitrogens with zero attached hydrogens (tertiary/aromatic N) is 1. The molecule has 2 rings (SSSR count). The van der Waals surface area contributed by atoms with Gasteiger partial charge in [0, 0.05) is 19.6 Å². The van der Waals surface area contributed by atoms with E-state index in [1.54, 1.807) is 20.0 Å². The number of rotatable bonds is 8. The molecule has 1 aromatic rings. The van der Waals surface area contributed by atoms with Gasteiger partial charge in [-0.1, -0.05) is 12.5 Å². The first-order valence-electron chi connectivity index (χ1n) is 8.54. The summed E-state index contributed by atoms with van der Waals surface area (Å²) < 4.78 is 54.6. The largest absolute Gasteiger partial charge is 0.320 e. The van der Waals surface area contributed by atoms with Gasteiger partial charge in [-0.05, 0) is 57.5 Å². The van der Waals surface area contributed by atoms with E-state index in [0.29, 0.717) is 38.2 Å². The highest BCUT2D eigenvalue weighted by molar-refractivity contribution is 7.90. The Hall–Kier alpha value is -1.00. The molecule has 0 aliphatic carbocycles. The van der Waals surface area contributed by atoms with E-state index in [2.05, 4.69) is 10.0 Å². The van der Waals surface area contributed by atoms with E-state index >= 15 is 0 Å². The van der Waals surface area contributed by atoms with E-state index in [1.807, 2.05) is 0 Å². The Morgan fingerprint density at radius 2 is 1.72 bits per heavy atom. The zero-order chi connectivity index (χ0) is 18.5. The molecule has 142 valence electrons. The molecule has 0 amide bonds. The van der Waals surface area contributed by atoms with Crippen LogP contribution in [0.4, 0.5) is 0 Å². The smallest absolute Gasteiger partial charge is 0.243 e. The van der Waals surface area contributed by atoms with Gasteiger partial charge in [-0.3, -0.25) is 0 Å². The standard InChI is InChI=1S/C16H27N3O4S2/c1-14-7-8-15(24(20,21)18-10-6-9-17-2)13-16(14)25(22,23)19-11-4-3-5-12-19/h7-8,13,17-18H,3-6,9-12H2,1-2H3. The highest BCUT2D eigenvalue weighted by atomic mass is 32.2. The van der Waals surface area contributed by atoms with E-state index in [-0.39, 0.29) is 9.79 Å². The molecular formula is C16H27N3O4S2. The minimum absolute atomic E-state index is 0.0156. The third-order valence-corrected chi connectivity index (χ3v) is 7.80. The van der Waals surface area contributed by atoms with Gasteiger partial charge in [0.2, 0.25) is 20.0 Å². The van der Waals surface area contributed by atoms with Crippen LogP contribution in [-0.4, -0.2) is 54.4 Å². The Labute approximate surface area is 150 Å². The predicted molar refractivity (Wildman–Crippen MR) is 97.5 cm³/mol. The second kappa shape index (κ2) is 8.59. The first-order valence-corrected chi connectivity index (χ1v) is 11.5. The number of aryl methyl sites for hydroxylation is 1. The van der Waals surface area contributed by atoms with Crippen LogP contribution in [0.1, 0.15) is 31.2 Å². The van der Waals surface area contributed by atoms with Crippen molar-refractivity contribution in [2.24, 2.45) is 0 Å². The van der Waals surface area contributed by atoms with Gasteiger partial charge in [-0.15, -0.1) is 0 Å². The second-order valence-corrected chi connectivity index (χ2v) is 9.92. The molecule has 0 atom stereocenters. The van der Waals surface area contributed by atoms with Crippen LogP contribution < -0.4 is 10.0 Å². The lowest BCUT2D eigenvalue weighted by Crippen LogP contribution is -2.36. The van der Waals surface area contributed by atoms with Crippen molar-refractivity contribution < 1.29 is 16.8 Å². The van der Waals surface area contributed by atoms with Crippen LogP contribution in [0.25, 0.3) is 0 Å². The summed E-state index contributed by atoms with van der Waals surface area (Å²) >= 11 is 0. The number of hydrogen-bond donors (Lipinski definition) is 2. The van der Waals surface area contributed by atoms with E-state index < -0.39 is 20.0 Å². The molecule has 0 unspecified atom stereocenters. The van der Waals surface area contributed by atoms with Crippen molar-refractivity contribution in [2.75, 3.05) is 33.2 Å². The normalized spacial score (nSPS) is 16.9. The first kappa shape index (κ1) is 20.3. The maximum absolute atomic E-state index is 12.9. The van der Waals surface area contributed by atoms with Gasteiger partial charge in [0.15, 0.2) is 0 Å². The summed E-state index contributed by atoms with van der Waals surface area (Å²) in [6.07, 6.45) is 3.35. The Balaban J connectivity index is 2.27. The number of piperidine rings is 1. The highest BCUT2D eigenvalue weighted by Gasteiger charge is 2.28. The molecule has 0 radical (unpaired) electrons. The average molecular weight is 390 g/mol. The quantitative estimate of drug-likeness (QED) is 0.648. The van der Waals surface area contributed by atoms with Crippen molar-refractivity contribution in [3.05, 3.63) is 23.8 Å². The number of sulfonamides is 2. The topological polar surface area (TPSA) is 95.6 Å². The predicted octanol–water partition coefficient (Wildman–Crippen LogP) is 1.06. The molecule has 1 fully saturated rings. The summed E-state index contributed by atoms with van der Waals surface area (Å²) in [6, 6.07) is 4.28. The summed E-state index contributed by atoms with van der Waals surface area (Å²) in [7, 11) is -5.61. The highest BCUT2D eigenvalue weighted by Crippen LogP contribution is 2.25. The number of hydrogen-bond acceptors (Lipinski definition) is 5. The fraction of sp³-hybridized carbons (Fsp3) is 0.625. The summed E-state index contributed by atoms with van der Waals surface area (Å²) in [4.78, 5) is 0.0608. The lowest BCUT2D eigenvalue weighted by molar-refractivity contribution is 0.346. The summed E-state index contributed by atoms with van der Waals surface area (Å²) in [5, 5.41) is 2.95. The molecule has 1 aromatic carbocycles. The second-order valence-electron chi connectivity index (χ2n) is 6.25. The van der Waals surface area contributed by atoms with Crippen LogP contribution in [0.2, 0.25) is 0 Å². The lowest BCUT2D eigenvalue weighted by Gasteiger charge is -2.26. The van der Waals surface area contributed by atoms with Crippen LogP contribution in [0.3, 0.4) is 0 Å². The van der Waals surface area contributed by atoms with Crippen LogP contribution >= 0.6 is 0 Å². The van der Waals surface area contributed by atoms with E-state index in [9.17, 15) is 16.8 Å². The van der Waals surface area contributed by atoms with Crippen LogP contribution in [-0.2, 0) is 20.0 Å². The van der Waals surface area contributed by atoms with Gasteiger partial charge < -0.3 is 5.32 Å². The van der Waals surface area contributed by atoms with Crippen molar-refractivity contribution in [1.82, 2.24) is 14.3 Å². The Bertz CT molecular complexity index is 786. The van der Waals surface area contributed by atoms with Gasteiger partial charge in [0.1, 0.15) is 0 Å². The summed E-state index contributed by atoms with van der Waals surface area (Å²) in [6.45, 7) is 3.66. The van der Waals surface area contributed by atoms with E-state index in [0.717, 1.165) is 19.3 Å². The molecule has 0 saturated carbocycles. The average Bonchev–Trinajstić information content (AvgIpc) is 2.59. The van der Waals surface area contributed by atoms with Gasteiger partial charge in [-0.2, -0.15) is 4.31 Å². The summed E-state index contributed by atoms with van der Waals surface area (Å²) in [5.41, 5.74) is 0.555. The van der Waals surface area contributed by atoms with Gasteiger partial charge in [-0.25, -0.2) is 21.6 Å². The fourth-order valence-electron chi connectivity index (χ4n) is 2.82. The van der Waals surface area contributed by atoms with Gasteiger partial charge >= 0.3 is 0 Å². The monoisotopic (exact) mass is 389 g/mol. The third-order valence-electron chi connectivity index (χ3n) is 4.30. The molecule has 1 saturated heterocycles. The fourth-order valence-corrected chi connectivity index (χ4v) is 5.77. The minimum Gasteiger partial charge on any atom is -0.320 e. The van der Waals surface area contributed by atoms with Crippen molar-refractivity contribution >= 4 is 20.0 Å². The van der Waals surface area contributed by atoms with Gasteiger partial charge in [0.25, 0.3) is 0 Å². The molecule has 0 aromatic heterocycles. The molecule has 1 aliphatic rings. The molecule has 0 spiro atoms. The maximum Gasteiger partial charge on any atom is 0.243 e. The minimum atomic E-state index is -3.73. The molecule has 1 heterocycles. The SMILES string of the molecule is CNCCCNS(=O)(=O)c1ccc(C)c(S(=O)(=O)N2CCCCC2)c1. The molecule has 1 aliphatic heterocycles. The Morgan fingerprint density at radius 3 is 2.36 bits per heavy atom. The van der Waals surface area contributed by atoms with E-state index in [4.69, 9.17) is 0 Å². The molecule has 9 heteroatoms. The first-order chi connectivity index (χ1) is 11.8. The van der Waals surface area contributed by atoms with Crippen LogP contribution in [0, 0.1) is 6.92 Å². The zero-order valence-corrected chi connectivity index (χ0v) is 16.4. The number of benzene rings is 1. The maximum atomic E-state index is 12.9. The van der Waals surface area contributed by atoms with Crippen molar-refractivity contribution in [3.63, 3.8) is 0 Å². The third kappa shape index (κ3) is 5.01. The van der Waals surface area contributed by atoms with Gasteiger partial charge in [0.05, 0.1) is 9.79 Å². The molecule has 0 bridgehead atoms. The number of nitrogens with one attached hydrogen (secondary N) is 2. The van der Waals surface area contributed by atoms with Crippen LogP contribution in [0.5, 0.6) is 0 Å². The van der Waals surface area contributed by atoms with E-state index in [1.165, 1.54) is 16.4 Å². The van der Waals surface area contributed by atoms with Crippen LogP contribution in [0.15, 0.2) is 28.0 Å². The van der Waals surface area contributed by atoms with Crippen molar-refractivity contribution in [2.45, 2.75) is 42.4 Å². The zero-order valence-electron chi connectivity index (χ0n) is 14.8. The summed E-state index contributed by atoms with van der Waals surface area (Å²) in [5.74, 6) is 0. The molecule has 2 N–H and O–H groups in total. The molecule has 7 nitrogen and oxygen atoms in total.